The van der Waals surface area contributed by atoms with Crippen LogP contribution in [-0.2, 0) is 9.53 Å². The molecule has 0 aliphatic carbocycles. The molecule has 2 heterocycles. The van der Waals surface area contributed by atoms with Gasteiger partial charge in [0.25, 0.3) is 5.56 Å². The number of esters is 1. The number of nitrogens with zero attached hydrogens (tertiary/aromatic N) is 2. The van der Waals surface area contributed by atoms with E-state index in [1.54, 1.807) is 18.6 Å². The molecule has 0 saturated heterocycles. The molecule has 0 unspecified atom stereocenters. The number of carbonyl (C=O) groups excluding carboxylic acids is 1. The van der Waals surface area contributed by atoms with Crippen LogP contribution in [0, 0.1) is 0 Å². The van der Waals surface area contributed by atoms with E-state index in [1.807, 2.05) is 98.8 Å². The number of methoxy groups -OCH3 is 1. The Morgan fingerprint density at radius 1 is 1.00 bits per heavy atom. The van der Waals surface area contributed by atoms with Crippen LogP contribution in [0.2, 0.25) is 0 Å². The molecule has 0 radical (unpaired) electrons. The average Bonchev–Trinajstić information content (AvgIpc) is 3.27. The van der Waals surface area contributed by atoms with Gasteiger partial charge < -0.3 is 14.2 Å². The molecule has 0 amide bonds. The normalized spacial score (nSPS) is 15.0. The summed E-state index contributed by atoms with van der Waals surface area (Å²) >= 11 is 1.29. The van der Waals surface area contributed by atoms with E-state index in [2.05, 4.69) is 0 Å². The van der Waals surface area contributed by atoms with Crippen molar-refractivity contribution in [1.82, 2.24) is 4.57 Å². The van der Waals surface area contributed by atoms with Crippen molar-refractivity contribution in [3.63, 3.8) is 0 Å². The van der Waals surface area contributed by atoms with Crippen LogP contribution < -0.4 is 24.4 Å². The lowest BCUT2D eigenvalue weighted by atomic mass is 9.93. The van der Waals surface area contributed by atoms with E-state index >= 15 is 0 Å². The Hall–Kier alpha value is -4.43. The standard InChI is InChI=1S/C32H30N2O5S/c1-5-38-31(36)27-28(22-9-7-6-8-10-22)33-32-34(29(27)23-13-17-24(37-4)18-14-23)30(35)26(40-32)19-21-11-15-25(16-12-21)39-20(2)3/h6-20,29H,5H2,1-4H3/b26-19-/t29-/m1/s1. The Bertz CT molecular complexity index is 1720. The van der Waals surface area contributed by atoms with Gasteiger partial charge in [0.05, 0.1) is 41.7 Å². The lowest BCUT2D eigenvalue weighted by Crippen LogP contribution is -2.40. The summed E-state index contributed by atoms with van der Waals surface area (Å²) < 4.78 is 18.7. The molecule has 1 aliphatic rings. The Labute approximate surface area is 236 Å². The Morgan fingerprint density at radius 2 is 1.68 bits per heavy atom. The van der Waals surface area contributed by atoms with Crippen LogP contribution in [0.25, 0.3) is 11.8 Å². The van der Waals surface area contributed by atoms with Crippen molar-refractivity contribution in [2.75, 3.05) is 13.7 Å². The smallest absolute Gasteiger partial charge is 0.338 e. The number of benzene rings is 3. The number of rotatable bonds is 8. The van der Waals surface area contributed by atoms with Crippen molar-refractivity contribution in [1.29, 1.82) is 0 Å². The maximum absolute atomic E-state index is 14.0. The SMILES string of the molecule is CCOC(=O)C1=C(c2ccccc2)N=c2s/c(=C\c3ccc(OC(C)C)cc3)c(=O)n2[C@@H]1c1ccc(OC)cc1. The van der Waals surface area contributed by atoms with E-state index in [0.29, 0.717) is 26.4 Å². The second kappa shape index (κ2) is 11.8. The molecule has 7 nitrogen and oxygen atoms in total. The number of ether oxygens (including phenoxy) is 3. The van der Waals surface area contributed by atoms with E-state index in [1.165, 1.54) is 11.3 Å². The minimum absolute atomic E-state index is 0.0694. The second-order valence-corrected chi connectivity index (χ2v) is 10.4. The van der Waals surface area contributed by atoms with E-state index < -0.39 is 12.0 Å². The minimum atomic E-state index is -0.736. The number of hydrogen-bond acceptors (Lipinski definition) is 7. The lowest BCUT2D eigenvalue weighted by Gasteiger charge is -2.26. The first-order chi connectivity index (χ1) is 19.4. The van der Waals surface area contributed by atoms with Crippen molar-refractivity contribution in [3.05, 3.63) is 121 Å². The fourth-order valence-corrected chi connectivity index (χ4v) is 5.61. The highest BCUT2D eigenvalue weighted by atomic mass is 32.1. The summed E-state index contributed by atoms with van der Waals surface area (Å²) in [7, 11) is 1.59. The van der Waals surface area contributed by atoms with Crippen LogP contribution in [0.4, 0.5) is 0 Å². The second-order valence-electron chi connectivity index (χ2n) is 9.44. The van der Waals surface area contributed by atoms with Crippen LogP contribution in [0.3, 0.4) is 0 Å². The van der Waals surface area contributed by atoms with E-state index in [9.17, 15) is 9.59 Å². The largest absolute Gasteiger partial charge is 0.497 e. The van der Waals surface area contributed by atoms with Gasteiger partial charge in [-0.05, 0) is 62.2 Å². The first kappa shape index (κ1) is 27.1. The molecule has 1 aromatic heterocycles. The van der Waals surface area contributed by atoms with Crippen molar-refractivity contribution >= 4 is 29.1 Å². The van der Waals surface area contributed by atoms with Gasteiger partial charge in [-0.3, -0.25) is 9.36 Å². The van der Waals surface area contributed by atoms with Gasteiger partial charge in [-0.15, -0.1) is 0 Å². The fourth-order valence-electron chi connectivity index (χ4n) is 4.61. The zero-order valence-corrected chi connectivity index (χ0v) is 23.6. The van der Waals surface area contributed by atoms with Crippen molar-refractivity contribution < 1.29 is 19.0 Å². The molecule has 1 atom stereocenters. The van der Waals surface area contributed by atoms with E-state index in [0.717, 1.165) is 22.4 Å². The molecular weight excluding hydrogens is 524 g/mol. The third-order valence-corrected chi connectivity index (χ3v) is 7.34. The molecule has 204 valence electrons. The Kier molecular flexibility index (Phi) is 7.98. The van der Waals surface area contributed by atoms with Gasteiger partial charge in [-0.1, -0.05) is 65.9 Å². The van der Waals surface area contributed by atoms with Gasteiger partial charge in [0, 0.05) is 5.56 Å². The number of fused-ring (bicyclic) bond motifs is 1. The predicted octanol–water partition coefficient (Wildman–Crippen LogP) is 4.73. The molecule has 3 aromatic carbocycles. The van der Waals surface area contributed by atoms with Crippen LogP contribution in [0.1, 0.15) is 43.5 Å². The summed E-state index contributed by atoms with van der Waals surface area (Å²) in [4.78, 5) is 32.9. The quantitative estimate of drug-likeness (QED) is 0.294. The Morgan fingerprint density at radius 3 is 2.30 bits per heavy atom. The van der Waals surface area contributed by atoms with Gasteiger partial charge in [0.1, 0.15) is 11.5 Å². The van der Waals surface area contributed by atoms with E-state index in [4.69, 9.17) is 19.2 Å². The average molecular weight is 555 g/mol. The molecule has 40 heavy (non-hydrogen) atoms. The van der Waals surface area contributed by atoms with Gasteiger partial charge in [-0.2, -0.15) is 0 Å². The minimum Gasteiger partial charge on any atom is -0.497 e. The summed E-state index contributed by atoms with van der Waals surface area (Å²) in [6.07, 6.45) is 1.91. The molecule has 0 fully saturated rings. The molecule has 0 N–H and O–H groups in total. The van der Waals surface area contributed by atoms with Gasteiger partial charge in [-0.25, -0.2) is 9.79 Å². The first-order valence-electron chi connectivity index (χ1n) is 13.1. The summed E-state index contributed by atoms with van der Waals surface area (Å²) in [6, 6.07) is 23.7. The first-order valence-corrected chi connectivity index (χ1v) is 13.9. The lowest BCUT2D eigenvalue weighted by molar-refractivity contribution is -0.138. The zero-order valence-electron chi connectivity index (χ0n) is 22.8. The highest BCUT2D eigenvalue weighted by Crippen LogP contribution is 2.35. The number of carbonyl (C=O) groups is 1. The van der Waals surface area contributed by atoms with Crippen LogP contribution in [-0.4, -0.2) is 30.4 Å². The molecular formula is C32H30N2O5S. The van der Waals surface area contributed by atoms with Gasteiger partial charge in [0.15, 0.2) is 4.80 Å². The highest BCUT2D eigenvalue weighted by molar-refractivity contribution is 7.07. The summed E-state index contributed by atoms with van der Waals surface area (Å²) in [5.41, 5.74) is 2.93. The third-order valence-electron chi connectivity index (χ3n) is 6.35. The fraction of sp³-hybridized carbons (Fsp3) is 0.219. The van der Waals surface area contributed by atoms with Crippen LogP contribution in [0.5, 0.6) is 11.5 Å². The monoisotopic (exact) mass is 554 g/mol. The van der Waals surface area contributed by atoms with Crippen molar-refractivity contribution in [2.45, 2.75) is 32.9 Å². The van der Waals surface area contributed by atoms with Crippen LogP contribution in [0.15, 0.2) is 94.2 Å². The molecule has 5 rings (SSSR count). The summed E-state index contributed by atoms with van der Waals surface area (Å²) in [5.74, 6) is 0.923. The number of hydrogen-bond donors (Lipinski definition) is 0. The predicted molar refractivity (Wildman–Crippen MR) is 156 cm³/mol. The molecule has 4 aromatic rings. The van der Waals surface area contributed by atoms with Gasteiger partial charge in [0.2, 0.25) is 0 Å². The van der Waals surface area contributed by atoms with E-state index in [-0.39, 0.29) is 18.3 Å². The van der Waals surface area contributed by atoms with Crippen molar-refractivity contribution in [3.8, 4) is 11.5 Å². The highest BCUT2D eigenvalue weighted by Gasteiger charge is 2.35. The molecule has 0 spiro atoms. The Balaban J connectivity index is 1.74. The third kappa shape index (κ3) is 5.49. The van der Waals surface area contributed by atoms with Gasteiger partial charge >= 0.3 is 5.97 Å². The topological polar surface area (TPSA) is 79.1 Å². The van der Waals surface area contributed by atoms with Crippen molar-refractivity contribution in [2.24, 2.45) is 4.99 Å². The molecule has 8 heteroatoms. The molecule has 1 aliphatic heterocycles. The summed E-state index contributed by atoms with van der Waals surface area (Å²) in [6.45, 7) is 5.90. The maximum atomic E-state index is 14.0. The molecule has 0 bridgehead atoms. The number of thiazole rings is 1. The zero-order chi connectivity index (χ0) is 28.2. The maximum Gasteiger partial charge on any atom is 0.338 e. The van der Waals surface area contributed by atoms with Crippen LogP contribution >= 0.6 is 11.3 Å². The number of aromatic nitrogens is 1. The molecule has 0 saturated carbocycles. The summed E-state index contributed by atoms with van der Waals surface area (Å²) in [5, 5.41) is 0.